The van der Waals surface area contributed by atoms with Gasteiger partial charge in [-0.25, -0.2) is 0 Å². The van der Waals surface area contributed by atoms with Crippen molar-refractivity contribution in [3.05, 3.63) is 0 Å². The second-order valence-corrected chi connectivity index (χ2v) is 1.56. The van der Waals surface area contributed by atoms with E-state index in [1.807, 2.05) is 0 Å². The molecule has 10 heteroatoms. The summed E-state index contributed by atoms with van der Waals surface area (Å²) in [6, 6.07) is 0. The van der Waals surface area contributed by atoms with Gasteiger partial charge in [-0.15, -0.1) is 0 Å². The van der Waals surface area contributed by atoms with Gasteiger partial charge in [-0.05, 0) is 0 Å². The number of rotatable bonds is 0. The van der Waals surface area contributed by atoms with Crippen molar-refractivity contribution >= 4 is 17.9 Å². The van der Waals surface area contributed by atoms with E-state index in [4.69, 9.17) is 29.7 Å². The molecule has 16 heavy (non-hydrogen) atoms. The zero-order valence-corrected chi connectivity index (χ0v) is 10.6. The van der Waals surface area contributed by atoms with E-state index in [1.54, 1.807) is 0 Å². The molecule has 0 aromatic rings. The fourth-order valence-electron chi connectivity index (χ4n) is 0. The molecule has 0 saturated carbocycles. The molecule has 0 spiro atoms. The molecule has 0 unspecified atom stereocenters. The van der Waals surface area contributed by atoms with Crippen LogP contribution in [0.25, 0.3) is 0 Å². The van der Waals surface area contributed by atoms with Crippen molar-refractivity contribution in [1.29, 1.82) is 0 Å². The first-order valence-electron chi connectivity index (χ1n) is 2.78. The summed E-state index contributed by atoms with van der Waals surface area (Å²) >= 11 is 0. The minimum Gasteiger partial charge on any atom is -0.481 e. The van der Waals surface area contributed by atoms with Crippen LogP contribution in [0.2, 0.25) is 0 Å². The van der Waals surface area contributed by atoms with E-state index in [9.17, 15) is 0 Å². The van der Waals surface area contributed by atoms with Gasteiger partial charge in [-0.3, -0.25) is 14.4 Å². The van der Waals surface area contributed by atoms with E-state index in [0.29, 0.717) is 0 Å². The second kappa shape index (κ2) is 36.6. The normalized spacial score (nSPS) is 4.69. The van der Waals surface area contributed by atoms with Crippen LogP contribution in [0.15, 0.2) is 0 Å². The average Bonchev–Trinajstić information content (AvgIpc) is 1.54. The van der Waals surface area contributed by atoms with Crippen LogP contribution in [0.3, 0.4) is 0 Å². The van der Waals surface area contributed by atoms with E-state index < -0.39 is 17.9 Å². The molecule has 0 amide bonds. The van der Waals surface area contributed by atoms with Gasteiger partial charge in [0.2, 0.25) is 0 Å². The SMILES string of the molecule is CC(=O)O.CC(=O)O.CC(=O)O.O.O.O.[Tm]. The molecule has 9 nitrogen and oxygen atoms in total. The molecule has 0 aliphatic rings. The summed E-state index contributed by atoms with van der Waals surface area (Å²) in [5.41, 5.74) is 0. The molecule has 0 aromatic carbocycles. The van der Waals surface area contributed by atoms with Crippen molar-refractivity contribution in [2.45, 2.75) is 20.8 Å². The van der Waals surface area contributed by atoms with E-state index in [1.165, 1.54) is 0 Å². The van der Waals surface area contributed by atoms with Crippen LogP contribution < -0.4 is 0 Å². The first-order chi connectivity index (χ1) is 5.20. The number of hydrogen-bond acceptors (Lipinski definition) is 3. The molecule has 1 radical (unpaired) electrons. The molecule has 109 valence electrons. The molecule has 0 aliphatic heterocycles. The van der Waals surface area contributed by atoms with E-state index in [2.05, 4.69) is 0 Å². The standard InChI is InChI=1S/3C2H4O2.3H2O.Tm/c3*1-2(3)4;;;;/h3*1H3,(H,3,4);3*1H2;. The summed E-state index contributed by atoms with van der Waals surface area (Å²) in [4.78, 5) is 27.0. The Morgan fingerprint density at radius 3 is 0.625 bits per heavy atom. The van der Waals surface area contributed by atoms with Crippen molar-refractivity contribution in [2.24, 2.45) is 0 Å². The van der Waals surface area contributed by atoms with Crippen LogP contribution in [-0.2, 0) is 14.4 Å². The van der Waals surface area contributed by atoms with Crippen LogP contribution in [-0.4, -0.2) is 49.7 Å². The van der Waals surface area contributed by atoms with Crippen molar-refractivity contribution in [3.63, 3.8) is 0 Å². The number of carboxylic acid groups (broad SMARTS) is 3. The summed E-state index contributed by atoms with van der Waals surface area (Å²) in [5.74, 6) is -2.50. The maximum atomic E-state index is 9.00. The minimum absolute atomic E-state index is 0. The number of hydrogen-bond donors (Lipinski definition) is 3. The third kappa shape index (κ3) is 9350. The zero-order valence-electron chi connectivity index (χ0n) is 8.84. The summed E-state index contributed by atoms with van der Waals surface area (Å²) in [5, 5.41) is 22.2. The topological polar surface area (TPSA) is 206 Å². The van der Waals surface area contributed by atoms with Crippen LogP contribution in [0.1, 0.15) is 20.8 Å². The zero-order chi connectivity index (χ0) is 10.7. The Labute approximate surface area is 121 Å². The van der Waals surface area contributed by atoms with Gasteiger partial charge in [-0.1, -0.05) is 0 Å². The average molecular weight is 403 g/mol. The second-order valence-electron chi connectivity index (χ2n) is 1.56. The van der Waals surface area contributed by atoms with Crippen molar-refractivity contribution in [2.75, 3.05) is 0 Å². The molecule has 0 heterocycles. The van der Waals surface area contributed by atoms with E-state index in [-0.39, 0.29) is 53.3 Å². The molecule has 0 aliphatic carbocycles. The third-order valence-electron chi connectivity index (χ3n) is 0. The Bertz CT molecular complexity index is 118. The molecular weight excluding hydrogens is 385 g/mol. The monoisotopic (exact) mass is 403 g/mol. The molecule has 9 N–H and O–H groups in total. The minimum atomic E-state index is -0.833. The summed E-state index contributed by atoms with van der Waals surface area (Å²) in [6.45, 7) is 3.25. The first kappa shape index (κ1) is 45.1. The fraction of sp³-hybridized carbons (Fsp3) is 0.500. The maximum absolute atomic E-state index is 9.00. The molecule has 0 aromatic heterocycles. The summed E-state index contributed by atoms with van der Waals surface area (Å²) < 4.78 is 0. The number of carboxylic acids is 3. The number of carbonyl (C=O) groups is 3. The van der Waals surface area contributed by atoms with E-state index in [0.717, 1.165) is 20.8 Å². The third-order valence-corrected chi connectivity index (χ3v) is 0. The Hall–Kier alpha value is -0.476. The molecule has 0 rings (SSSR count). The van der Waals surface area contributed by atoms with Gasteiger partial charge in [0.1, 0.15) is 0 Å². The predicted octanol–water partition coefficient (Wildman–Crippen LogP) is -2.20. The van der Waals surface area contributed by atoms with Crippen LogP contribution >= 0.6 is 0 Å². The Kier molecular flexibility index (Phi) is 103. The van der Waals surface area contributed by atoms with Gasteiger partial charge in [0.05, 0.1) is 0 Å². The van der Waals surface area contributed by atoms with E-state index >= 15 is 0 Å². The Balaban J connectivity index is -0.0000000135. The van der Waals surface area contributed by atoms with Crippen LogP contribution in [0, 0.1) is 36.9 Å². The van der Waals surface area contributed by atoms with Gasteiger partial charge >= 0.3 is 0 Å². The van der Waals surface area contributed by atoms with Gasteiger partial charge in [-0.2, -0.15) is 0 Å². The van der Waals surface area contributed by atoms with Gasteiger partial charge < -0.3 is 31.7 Å². The maximum Gasteiger partial charge on any atom is 0.300 e. The molecule has 0 bridgehead atoms. The molecular formula is C6H18O9Tm. The predicted molar refractivity (Wildman–Crippen MR) is 50.8 cm³/mol. The number of aliphatic carboxylic acids is 3. The smallest absolute Gasteiger partial charge is 0.300 e. The van der Waals surface area contributed by atoms with Gasteiger partial charge in [0, 0.05) is 57.6 Å². The quantitative estimate of drug-likeness (QED) is 0.409. The molecule has 0 fully saturated rings. The van der Waals surface area contributed by atoms with Crippen LogP contribution in [0.5, 0.6) is 0 Å². The summed E-state index contributed by atoms with van der Waals surface area (Å²) in [6.07, 6.45) is 0. The van der Waals surface area contributed by atoms with Crippen molar-refractivity contribution < 1.29 is 83.0 Å². The van der Waals surface area contributed by atoms with Crippen LogP contribution in [0.4, 0.5) is 0 Å². The fourth-order valence-corrected chi connectivity index (χ4v) is 0. The molecule has 0 saturated heterocycles. The van der Waals surface area contributed by atoms with Gasteiger partial charge in [0.15, 0.2) is 0 Å². The first-order valence-corrected chi connectivity index (χ1v) is 2.78. The Morgan fingerprint density at radius 1 is 0.625 bits per heavy atom. The summed E-state index contributed by atoms with van der Waals surface area (Å²) in [7, 11) is 0. The molecule has 0 atom stereocenters. The van der Waals surface area contributed by atoms with Gasteiger partial charge in [0.25, 0.3) is 17.9 Å². The van der Waals surface area contributed by atoms with Crippen molar-refractivity contribution in [1.82, 2.24) is 0 Å². The largest absolute Gasteiger partial charge is 0.481 e. The van der Waals surface area contributed by atoms with Crippen molar-refractivity contribution in [3.8, 4) is 0 Å². The Morgan fingerprint density at radius 2 is 0.625 bits per heavy atom.